The number of rotatable bonds is 6. The van der Waals surface area contributed by atoms with E-state index >= 15 is 0 Å². The van der Waals surface area contributed by atoms with Crippen LogP contribution in [0.2, 0.25) is 0 Å². The highest BCUT2D eigenvalue weighted by molar-refractivity contribution is 5.98. The third-order valence-electron chi connectivity index (χ3n) is 3.36. The number of hydrazone groups is 1. The molecule has 0 radical (unpaired) electrons. The van der Waals surface area contributed by atoms with Gasteiger partial charge in [-0.3, -0.25) is 4.79 Å². The molecule has 0 unspecified atom stereocenters. The molecule has 0 fully saturated rings. The summed E-state index contributed by atoms with van der Waals surface area (Å²) in [6, 6.07) is 3.47. The van der Waals surface area contributed by atoms with Crippen LogP contribution < -0.4 is 11.2 Å². The van der Waals surface area contributed by atoms with E-state index in [9.17, 15) is 4.79 Å². The van der Waals surface area contributed by atoms with Gasteiger partial charge in [-0.1, -0.05) is 18.6 Å². The van der Waals surface area contributed by atoms with Crippen LogP contribution in [0.4, 0.5) is 5.82 Å². The minimum absolute atomic E-state index is 0.0564. The van der Waals surface area contributed by atoms with Crippen molar-refractivity contribution in [2.75, 3.05) is 5.73 Å². The highest BCUT2D eigenvalue weighted by Crippen LogP contribution is 2.17. The fourth-order valence-corrected chi connectivity index (χ4v) is 2.17. The van der Waals surface area contributed by atoms with Gasteiger partial charge < -0.3 is 10.2 Å². The van der Waals surface area contributed by atoms with Crippen molar-refractivity contribution in [2.24, 2.45) is 5.10 Å². The van der Waals surface area contributed by atoms with Gasteiger partial charge in [-0.05, 0) is 35.8 Å². The second kappa shape index (κ2) is 6.95. The number of carbonyl (C=O) groups excluding carboxylic acids is 1. The highest BCUT2D eigenvalue weighted by atomic mass is 16.6. The fraction of sp³-hybridized carbons (Fsp3) is 0.286. The summed E-state index contributed by atoms with van der Waals surface area (Å²) in [6.45, 7) is 3.67. The molecule has 3 N–H and O–H groups in total. The maximum atomic E-state index is 12.4. The minimum Gasteiger partial charge on any atom is -0.463 e. The van der Waals surface area contributed by atoms with Crippen molar-refractivity contribution in [1.29, 1.82) is 0 Å². The smallest absolute Gasteiger partial charge is 0.293 e. The van der Waals surface area contributed by atoms with Crippen LogP contribution in [0.3, 0.4) is 0 Å². The van der Waals surface area contributed by atoms with Gasteiger partial charge in [-0.2, -0.15) is 9.78 Å². The molecule has 11 nitrogen and oxygen atoms in total. The molecular weight excluding hydrogens is 328 g/mol. The van der Waals surface area contributed by atoms with E-state index in [1.54, 1.807) is 19.1 Å². The molecule has 1 amide bonds. The van der Waals surface area contributed by atoms with E-state index in [2.05, 4.69) is 35.8 Å². The lowest BCUT2D eigenvalue weighted by atomic mass is 10.2. The zero-order valence-corrected chi connectivity index (χ0v) is 13.6. The van der Waals surface area contributed by atoms with Crippen molar-refractivity contribution >= 4 is 17.4 Å². The molecule has 25 heavy (non-hydrogen) atoms. The predicted octanol–water partition coefficient (Wildman–Crippen LogP) is 0.932. The molecule has 0 bridgehead atoms. The standard InChI is InChI=1S/C14H16N8O3/c1-3-5-9-11(17-21-22(9)13-12(15)19-25-20-13)14(23)18-16-8(2)10-6-4-7-24-10/h4,6-7H,3,5H2,1-2H3,(H2,15,19)(H,18,23). The Bertz CT molecular complexity index is 893. The quantitative estimate of drug-likeness (QED) is 0.495. The van der Waals surface area contributed by atoms with Crippen molar-refractivity contribution in [2.45, 2.75) is 26.7 Å². The van der Waals surface area contributed by atoms with Gasteiger partial charge in [0.2, 0.25) is 11.6 Å². The number of amides is 1. The second-order valence-corrected chi connectivity index (χ2v) is 5.14. The van der Waals surface area contributed by atoms with Gasteiger partial charge >= 0.3 is 0 Å². The lowest BCUT2D eigenvalue weighted by molar-refractivity contribution is 0.0948. The summed E-state index contributed by atoms with van der Waals surface area (Å²) in [5.74, 6) is 0.293. The first-order chi connectivity index (χ1) is 12.1. The predicted molar refractivity (Wildman–Crippen MR) is 86.0 cm³/mol. The van der Waals surface area contributed by atoms with Gasteiger partial charge in [-0.15, -0.1) is 5.10 Å². The Labute approximate surface area is 141 Å². The average Bonchev–Trinajstić information content (AvgIpc) is 3.33. The Morgan fingerprint density at radius 2 is 2.28 bits per heavy atom. The molecule has 0 aliphatic carbocycles. The summed E-state index contributed by atoms with van der Waals surface area (Å²) >= 11 is 0. The van der Waals surface area contributed by atoms with E-state index in [-0.39, 0.29) is 17.3 Å². The van der Waals surface area contributed by atoms with E-state index in [0.29, 0.717) is 23.6 Å². The molecule has 0 aliphatic heterocycles. The molecule has 130 valence electrons. The minimum atomic E-state index is -0.504. The summed E-state index contributed by atoms with van der Waals surface area (Å²) in [5.41, 5.74) is 9.31. The van der Waals surface area contributed by atoms with Gasteiger partial charge in [-0.25, -0.2) is 10.1 Å². The van der Waals surface area contributed by atoms with E-state index in [0.717, 1.165) is 6.42 Å². The van der Waals surface area contributed by atoms with Crippen LogP contribution in [0, 0.1) is 0 Å². The normalized spacial score (nSPS) is 11.7. The number of nitrogen functional groups attached to an aromatic ring is 1. The number of anilines is 1. The molecule has 0 atom stereocenters. The Morgan fingerprint density at radius 1 is 1.44 bits per heavy atom. The maximum Gasteiger partial charge on any atom is 0.293 e. The number of furan rings is 1. The van der Waals surface area contributed by atoms with Gasteiger partial charge in [0.15, 0.2) is 5.69 Å². The molecule has 0 aromatic carbocycles. The number of hydrogen-bond donors (Lipinski definition) is 2. The highest BCUT2D eigenvalue weighted by Gasteiger charge is 2.23. The maximum absolute atomic E-state index is 12.4. The third kappa shape index (κ3) is 3.24. The monoisotopic (exact) mass is 344 g/mol. The lowest BCUT2D eigenvalue weighted by Gasteiger charge is -2.04. The van der Waals surface area contributed by atoms with Crippen LogP contribution in [0.1, 0.15) is 42.2 Å². The number of aromatic nitrogens is 5. The molecule has 0 aliphatic rings. The van der Waals surface area contributed by atoms with Crippen LogP contribution >= 0.6 is 0 Å². The molecule has 11 heteroatoms. The van der Waals surface area contributed by atoms with Gasteiger partial charge in [0.25, 0.3) is 5.91 Å². The zero-order valence-electron chi connectivity index (χ0n) is 13.6. The Balaban J connectivity index is 1.86. The van der Waals surface area contributed by atoms with Gasteiger partial charge in [0.05, 0.1) is 12.0 Å². The summed E-state index contributed by atoms with van der Waals surface area (Å²) in [5, 5.41) is 19.1. The fourth-order valence-electron chi connectivity index (χ4n) is 2.17. The number of nitrogens with two attached hydrogens (primary N) is 1. The first-order valence-electron chi connectivity index (χ1n) is 7.53. The van der Waals surface area contributed by atoms with Crippen molar-refractivity contribution in [3.05, 3.63) is 35.5 Å². The summed E-state index contributed by atoms with van der Waals surface area (Å²) in [6.07, 6.45) is 2.81. The first-order valence-corrected chi connectivity index (χ1v) is 7.53. The van der Waals surface area contributed by atoms with Crippen LogP contribution in [0.5, 0.6) is 0 Å². The Kier molecular flexibility index (Phi) is 4.55. The van der Waals surface area contributed by atoms with Crippen LogP contribution in [0.25, 0.3) is 5.82 Å². The number of nitrogens with one attached hydrogen (secondary N) is 1. The van der Waals surface area contributed by atoms with Crippen molar-refractivity contribution in [1.82, 2.24) is 30.7 Å². The van der Waals surface area contributed by atoms with Gasteiger partial charge in [0, 0.05) is 0 Å². The van der Waals surface area contributed by atoms with Crippen LogP contribution in [0.15, 0.2) is 32.5 Å². The molecule has 3 aromatic heterocycles. The molecule has 3 heterocycles. The van der Waals surface area contributed by atoms with Crippen LogP contribution in [-0.2, 0) is 6.42 Å². The Hall–Kier alpha value is -3.50. The number of carbonyl (C=O) groups is 1. The largest absolute Gasteiger partial charge is 0.463 e. The SMILES string of the molecule is CCCc1c(C(=O)NN=C(C)c2ccco2)nnn1-c1nonc1N. The average molecular weight is 344 g/mol. The third-order valence-corrected chi connectivity index (χ3v) is 3.36. The van der Waals surface area contributed by atoms with E-state index in [4.69, 9.17) is 10.2 Å². The topological polar surface area (TPSA) is 150 Å². The second-order valence-electron chi connectivity index (χ2n) is 5.14. The summed E-state index contributed by atoms with van der Waals surface area (Å²) in [4.78, 5) is 12.4. The molecule has 0 saturated carbocycles. The zero-order chi connectivity index (χ0) is 17.8. The molecule has 0 spiro atoms. The summed E-state index contributed by atoms with van der Waals surface area (Å²) < 4.78 is 11.1. The van der Waals surface area contributed by atoms with E-state index < -0.39 is 5.91 Å². The number of nitrogens with zero attached hydrogens (tertiary/aromatic N) is 6. The van der Waals surface area contributed by atoms with Crippen molar-refractivity contribution in [3.63, 3.8) is 0 Å². The lowest BCUT2D eigenvalue weighted by Crippen LogP contribution is -2.21. The Morgan fingerprint density at radius 3 is 2.92 bits per heavy atom. The molecular formula is C14H16N8O3. The van der Waals surface area contributed by atoms with Crippen molar-refractivity contribution < 1.29 is 13.8 Å². The van der Waals surface area contributed by atoms with Crippen molar-refractivity contribution in [3.8, 4) is 5.82 Å². The molecule has 0 saturated heterocycles. The van der Waals surface area contributed by atoms with E-state index in [1.807, 2.05) is 6.92 Å². The van der Waals surface area contributed by atoms with E-state index in [1.165, 1.54) is 10.9 Å². The molecule has 3 aromatic rings. The first kappa shape index (κ1) is 16.4. The molecule has 3 rings (SSSR count). The van der Waals surface area contributed by atoms with Crippen LogP contribution in [-0.4, -0.2) is 36.9 Å². The number of hydrogen-bond acceptors (Lipinski definition) is 9. The summed E-state index contributed by atoms with van der Waals surface area (Å²) in [7, 11) is 0. The van der Waals surface area contributed by atoms with Gasteiger partial charge in [0.1, 0.15) is 11.5 Å².